The number of H-pyrrole nitrogens is 1. The van der Waals surface area contributed by atoms with Gasteiger partial charge in [-0.3, -0.25) is 0 Å². The van der Waals surface area contributed by atoms with Crippen molar-refractivity contribution in [3.05, 3.63) is 72.3 Å². The highest BCUT2D eigenvalue weighted by Crippen LogP contribution is 2.31. The molecular formula is C23H24N2O3. The minimum Gasteiger partial charge on any atom is -0.493 e. The third kappa shape index (κ3) is 3.67. The number of fused-ring (bicyclic) bond motifs is 3. The van der Waals surface area contributed by atoms with Gasteiger partial charge in [0.2, 0.25) is 0 Å². The molecule has 5 nitrogen and oxygen atoms in total. The number of aliphatic hydroxyl groups is 1. The third-order valence-corrected chi connectivity index (χ3v) is 4.86. The van der Waals surface area contributed by atoms with E-state index in [-0.39, 0.29) is 0 Å². The summed E-state index contributed by atoms with van der Waals surface area (Å²) in [4.78, 5) is 3.42. The highest BCUT2D eigenvalue weighted by atomic mass is 16.5. The molecule has 0 radical (unpaired) electrons. The van der Waals surface area contributed by atoms with E-state index >= 15 is 0 Å². The van der Waals surface area contributed by atoms with E-state index in [1.807, 2.05) is 54.6 Å². The number of para-hydroxylation sites is 3. The number of aliphatic hydroxyl groups excluding tert-OH is 1. The Morgan fingerprint density at radius 1 is 0.929 bits per heavy atom. The summed E-state index contributed by atoms with van der Waals surface area (Å²) < 4.78 is 11.0. The van der Waals surface area contributed by atoms with Crippen molar-refractivity contribution in [3.8, 4) is 11.5 Å². The molecule has 0 amide bonds. The molecule has 144 valence electrons. The molecule has 1 atom stereocenters. The molecule has 0 aliphatic rings. The molecule has 0 saturated heterocycles. The first-order valence-electron chi connectivity index (χ1n) is 9.42. The summed E-state index contributed by atoms with van der Waals surface area (Å²) in [7, 11) is 1.63. The maximum Gasteiger partial charge on any atom is 0.161 e. The zero-order chi connectivity index (χ0) is 19.3. The van der Waals surface area contributed by atoms with E-state index in [9.17, 15) is 5.11 Å². The number of benzene rings is 3. The number of aromatic amines is 1. The topological polar surface area (TPSA) is 66.5 Å². The van der Waals surface area contributed by atoms with Crippen molar-refractivity contribution in [2.75, 3.05) is 26.8 Å². The normalized spacial score (nSPS) is 12.4. The van der Waals surface area contributed by atoms with Crippen LogP contribution < -0.4 is 14.8 Å². The zero-order valence-corrected chi connectivity index (χ0v) is 15.8. The summed E-state index contributed by atoms with van der Waals surface area (Å²) in [6.07, 6.45) is -0.603. The Bertz CT molecular complexity index is 1070. The van der Waals surface area contributed by atoms with Crippen molar-refractivity contribution in [3.63, 3.8) is 0 Å². The lowest BCUT2D eigenvalue weighted by Gasteiger charge is -2.15. The number of nitrogens with one attached hydrogen (secondary N) is 2. The molecule has 0 saturated carbocycles. The second kappa shape index (κ2) is 8.33. The fraction of sp³-hybridized carbons (Fsp3) is 0.217. The van der Waals surface area contributed by atoms with Gasteiger partial charge in [-0.25, -0.2) is 0 Å². The van der Waals surface area contributed by atoms with Crippen molar-refractivity contribution in [1.29, 1.82) is 0 Å². The molecule has 28 heavy (non-hydrogen) atoms. The Hall–Kier alpha value is -3.02. The van der Waals surface area contributed by atoms with Gasteiger partial charge in [0.1, 0.15) is 6.61 Å². The Morgan fingerprint density at radius 2 is 1.68 bits per heavy atom. The van der Waals surface area contributed by atoms with Crippen LogP contribution in [0.3, 0.4) is 0 Å². The van der Waals surface area contributed by atoms with Crippen molar-refractivity contribution in [2.24, 2.45) is 0 Å². The second-order valence-corrected chi connectivity index (χ2v) is 6.66. The highest BCUT2D eigenvalue weighted by molar-refractivity contribution is 6.09. The average Bonchev–Trinajstić information content (AvgIpc) is 3.12. The molecule has 1 aromatic heterocycles. The van der Waals surface area contributed by atoms with Crippen molar-refractivity contribution >= 4 is 21.8 Å². The Kier molecular flexibility index (Phi) is 5.46. The van der Waals surface area contributed by atoms with Gasteiger partial charge in [-0.1, -0.05) is 42.5 Å². The first-order valence-corrected chi connectivity index (χ1v) is 9.42. The number of methoxy groups -OCH3 is 1. The van der Waals surface area contributed by atoms with E-state index in [1.165, 1.54) is 0 Å². The summed E-state index contributed by atoms with van der Waals surface area (Å²) in [6, 6.07) is 21.7. The standard InChI is InChI=1S/C23H24N2O3/c1-27-21-11-4-5-12-22(21)28-14-13-24-15-20(26)17-8-6-10-19-23(17)16-7-2-3-9-18(16)25-19/h2-12,20,24-26H,13-15H2,1H3/t20-/m0/s1. The van der Waals surface area contributed by atoms with Gasteiger partial charge in [-0.2, -0.15) is 0 Å². The molecule has 1 heterocycles. The minimum atomic E-state index is -0.603. The van der Waals surface area contributed by atoms with Gasteiger partial charge in [0.05, 0.1) is 13.2 Å². The van der Waals surface area contributed by atoms with E-state index in [0.29, 0.717) is 25.4 Å². The van der Waals surface area contributed by atoms with Crippen LogP contribution in [-0.4, -0.2) is 36.9 Å². The van der Waals surface area contributed by atoms with E-state index < -0.39 is 6.10 Å². The third-order valence-electron chi connectivity index (χ3n) is 4.86. The van der Waals surface area contributed by atoms with E-state index in [1.54, 1.807) is 7.11 Å². The predicted molar refractivity (Wildman–Crippen MR) is 112 cm³/mol. The van der Waals surface area contributed by atoms with Crippen LogP contribution in [0.25, 0.3) is 21.8 Å². The molecule has 5 heteroatoms. The molecule has 0 spiro atoms. The Morgan fingerprint density at radius 3 is 2.54 bits per heavy atom. The second-order valence-electron chi connectivity index (χ2n) is 6.66. The molecule has 0 unspecified atom stereocenters. The zero-order valence-electron chi connectivity index (χ0n) is 15.8. The minimum absolute atomic E-state index is 0.452. The number of hydrogen-bond acceptors (Lipinski definition) is 4. The summed E-state index contributed by atoms with van der Waals surface area (Å²) in [5.74, 6) is 1.43. The summed E-state index contributed by atoms with van der Waals surface area (Å²) in [6.45, 7) is 1.57. The van der Waals surface area contributed by atoms with Crippen LogP contribution in [0.5, 0.6) is 11.5 Å². The monoisotopic (exact) mass is 376 g/mol. The van der Waals surface area contributed by atoms with Crippen LogP contribution >= 0.6 is 0 Å². The fourth-order valence-electron chi connectivity index (χ4n) is 3.53. The average molecular weight is 376 g/mol. The van der Waals surface area contributed by atoms with Gasteiger partial charge >= 0.3 is 0 Å². The van der Waals surface area contributed by atoms with Gasteiger partial charge in [-0.15, -0.1) is 0 Å². The molecule has 4 aromatic rings. The van der Waals surface area contributed by atoms with Crippen molar-refractivity contribution in [1.82, 2.24) is 10.3 Å². The first kappa shape index (κ1) is 18.3. The summed E-state index contributed by atoms with van der Waals surface area (Å²) in [5, 5.41) is 16.2. The molecule has 0 aliphatic heterocycles. The molecule has 0 bridgehead atoms. The van der Waals surface area contributed by atoms with Crippen LogP contribution in [0, 0.1) is 0 Å². The van der Waals surface area contributed by atoms with Crippen molar-refractivity contribution in [2.45, 2.75) is 6.10 Å². The smallest absolute Gasteiger partial charge is 0.161 e. The van der Waals surface area contributed by atoms with Crippen LogP contribution in [0.4, 0.5) is 0 Å². The van der Waals surface area contributed by atoms with Crippen LogP contribution in [0.15, 0.2) is 66.7 Å². The summed E-state index contributed by atoms with van der Waals surface area (Å²) in [5.41, 5.74) is 3.04. The maximum absolute atomic E-state index is 10.8. The number of hydrogen-bond donors (Lipinski definition) is 3. The van der Waals surface area contributed by atoms with Crippen LogP contribution in [0.1, 0.15) is 11.7 Å². The van der Waals surface area contributed by atoms with Gasteiger partial charge < -0.3 is 24.9 Å². The van der Waals surface area contributed by atoms with E-state index in [2.05, 4.69) is 22.4 Å². The molecule has 3 aromatic carbocycles. The number of ether oxygens (including phenoxy) is 2. The van der Waals surface area contributed by atoms with Crippen LogP contribution in [-0.2, 0) is 0 Å². The maximum atomic E-state index is 10.8. The van der Waals surface area contributed by atoms with Crippen LogP contribution in [0.2, 0.25) is 0 Å². The van der Waals surface area contributed by atoms with Crippen molar-refractivity contribution < 1.29 is 14.6 Å². The Balaban J connectivity index is 1.38. The van der Waals surface area contributed by atoms with Gasteiger partial charge in [0.15, 0.2) is 11.5 Å². The lowest BCUT2D eigenvalue weighted by atomic mass is 10.0. The van der Waals surface area contributed by atoms with E-state index in [4.69, 9.17) is 9.47 Å². The highest BCUT2D eigenvalue weighted by Gasteiger charge is 2.14. The lowest BCUT2D eigenvalue weighted by Crippen LogP contribution is -2.26. The number of aromatic nitrogens is 1. The van der Waals surface area contributed by atoms with E-state index in [0.717, 1.165) is 33.1 Å². The molecule has 3 N–H and O–H groups in total. The molecular weight excluding hydrogens is 352 g/mol. The number of rotatable bonds is 8. The fourth-order valence-corrected chi connectivity index (χ4v) is 3.53. The predicted octanol–water partition coefficient (Wildman–Crippen LogP) is 4.03. The van der Waals surface area contributed by atoms with Gasteiger partial charge in [0, 0.05) is 34.9 Å². The largest absolute Gasteiger partial charge is 0.493 e. The lowest BCUT2D eigenvalue weighted by molar-refractivity contribution is 0.173. The molecule has 0 fully saturated rings. The Labute approximate surface area is 163 Å². The van der Waals surface area contributed by atoms with Gasteiger partial charge in [0.25, 0.3) is 0 Å². The molecule has 0 aliphatic carbocycles. The summed E-state index contributed by atoms with van der Waals surface area (Å²) >= 11 is 0. The quantitative estimate of drug-likeness (QED) is 0.406. The van der Waals surface area contributed by atoms with Gasteiger partial charge in [-0.05, 0) is 29.8 Å². The molecule has 4 rings (SSSR count). The SMILES string of the molecule is COc1ccccc1OCCNC[C@H](O)c1cccc2[nH]c3ccccc3c12. The first-order chi connectivity index (χ1) is 13.8.